The second kappa shape index (κ2) is 11.2. The molecule has 1 N–H and O–H groups in total. The molecule has 5 nitrogen and oxygen atoms in total. The molecular formula is C25H17Cl2F3N2O3. The summed E-state index contributed by atoms with van der Waals surface area (Å²) < 4.78 is 50.0. The average molecular weight is 521 g/mol. The van der Waals surface area contributed by atoms with Gasteiger partial charge in [-0.2, -0.15) is 18.4 Å². The highest BCUT2D eigenvalue weighted by atomic mass is 35.5. The zero-order valence-corrected chi connectivity index (χ0v) is 19.6. The van der Waals surface area contributed by atoms with E-state index >= 15 is 0 Å². The van der Waals surface area contributed by atoms with E-state index in [0.717, 1.165) is 17.7 Å². The highest BCUT2D eigenvalue weighted by Gasteiger charge is 2.31. The number of methoxy groups -OCH3 is 1. The number of rotatable bonds is 7. The number of nitriles is 1. The van der Waals surface area contributed by atoms with Crippen LogP contribution in [0.5, 0.6) is 11.5 Å². The molecular weight excluding hydrogens is 504 g/mol. The van der Waals surface area contributed by atoms with Gasteiger partial charge in [-0.3, -0.25) is 4.79 Å². The zero-order valence-electron chi connectivity index (χ0n) is 18.1. The predicted octanol–water partition coefficient (Wildman–Crippen LogP) is 7.15. The quantitative estimate of drug-likeness (QED) is 0.265. The normalized spacial score (nSPS) is 11.5. The topological polar surface area (TPSA) is 71.3 Å². The van der Waals surface area contributed by atoms with Gasteiger partial charge in [0, 0.05) is 5.02 Å². The fourth-order valence-corrected chi connectivity index (χ4v) is 3.23. The van der Waals surface area contributed by atoms with Crippen molar-refractivity contribution in [1.29, 1.82) is 5.26 Å². The van der Waals surface area contributed by atoms with Gasteiger partial charge in [-0.15, -0.1) is 0 Å². The van der Waals surface area contributed by atoms with Gasteiger partial charge in [-0.05, 0) is 59.7 Å². The van der Waals surface area contributed by atoms with Gasteiger partial charge in [0.2, 0.25) is 0 Å². The molecule has 0 saturated heterocycles. The number of ether oxygens (including phenoxy) is 2. The number of carbonyl (C=O) groups excluding carboxylic acids is 1. The van der Waals surface area contributed by atoms with E-state index in [1.165, 1.54) is 13.2 Å². The third-order valence-electron chi connectivity index (χ3n) is 4.71. The van der Waals surface area contributed by atoms with Gasteiger partial charge in [0.05, 0.1) is 23.4 Å². The molecule has 0 heterocycles. The fraction of sp³-hybridized carbons (Fsp3) is 0.120. The van der Waals surface area contributed by atoms with E-state index in [4.69, 9.17) is 32.7 Å². The van der Waals surface area contributed by atoms with Crippen LogP contribution >= 0.6 is 23.2 Å². The van der Waals surface area contributed by atoms with E-state index in [-0.39, 0.29) is 22.9 Å². The molecule has 35 heavy (non-hydrogen) atoms. The van der Waals surface area contributed by atoms with Crippen molar-refractivity contribution in [2.24, 2.45) is 0 Å². The minimum Gasteiger partial charge on any atom is -0.493 e. The number of carbonyl (C=O) groups is 1. The van der Waals surface area contributed by atoms with E-state index in [0.29, 0.717) is 28.2 Å². The molecule has 0 aliphatic rings. The molecule has 10 heteroatoms. The molecule has 0 atom stereocenters. The summed E-state index contributed by atoms with van der Waals surface area (Å²) in [7, 11) is 1.44. The first-order valence-corrected chi connectivity index (χ1v) is 10.7. The van der Waals surface area contributed by atoms with E-state index in [2.05, 4.69) is 5.32 Å². The van der Waals surface area contributed by atoms with Crippen molar-refractivity contribution < 1.29 is 27.4 Å². The van der Waals surface area contributed by atoms with E-state index in [9.17, 15) is 23.2 Å². The van der Waals surface area contributed by atoms with Crippen molar-refractivity contribution in [3.05, 3.63) is 93.0 Å². The molecule has 0 aliphatic heterocycles. The van der Waals surface area contributed by atoms with Crippen LogP contribution < -0.4 is 14.8 Å². The summed E-state index contributed by atoms with van der Waals surface area (Å²) >= 11 is 11.8. The van der Waals surface area contributed by atoms with E-state index < -0.39 is 17.6 Å². The molecule has 0 bridgehead atoms. The van der Waals surface area contributed by atoms with Crippen molar-refractivity contribution in [2.75, 3.05) is 12.4 Å². The molecule has 0 saturated carbocycles. The summed E-state index contributed by atoms with van der Waals surface area (Å²) in [4.78, 5) is 12.6. The van der Waals surface area contributed by atoms with Crippen LogP contribution in [-0.2, 0) is 17.6 Å². The summed E-state index contributed by atoms with van der Waals surface area (Å²) in [5.74, 6) is -0.139. The lowest BCUT2D eigenvalue weighted by molar-refractivity contribution is -0.137. The minimum atomic E-state index is -4.62. The van der Waals surface area contributed by atoms with Crippen LogP contribution in [0.3, 0.4) is 0 Å². The summed E-state index contributed by atoms with van der Waals surface area (Å²) in [6.45, 7) is 0.256. The summed E-state index contributed by atoms with van der Waals surface area (Å²) in [5.41, 5.74) is -0.287. The number of hydrogen-bond acceptors (Lipinski definition) is 4. The number of nitrogens with one attached hydrogen (secondary N) is 1. The monoisotopic (exact) mass is 520 g/mol. The second-order valence-electron chi connectivity index (χ2n) is 7.14. The number of nitrogens with zero attached hydrogens (tertiary/aromatic N) is 1. The minimum absolute atomic E-state index is 0.104. The molecule has 0 aromatic heterocycles. The number of hydrogen-bond donors (Lipinski definition) is 1. The lowest BCUT2D eigenvalue weighted by atomic mass is 10.1. The Morgan fingerprint density at radius 1 is 1.06 bits per heavy atom. The van der Waals surface area contributed by atoms with Crippen molar-refractivity contribution >= 4 is 40.9 Å². The van der Waals surface area contributed by atoms with Gasteiger partial charge in [-0.25, -0.2) is 0 Å². The summed E-state index contributed by atoms with van der Waals surface area (Å²) in [5, 5.41) is 12.2. The lowest BCUT2D eigenvalue weighted by Crippen LogP contribution is -2.15. The molecule has 1 amide bonds. The Morgan fingerprint density at radius 2 is 1.77 bits per heavy atom. The van der Waals surface area contributed by atoms with Crippen LogP contribution in [0.15, 0.2) is 66.2 Å². The Kier molecular flexibility index (Phi) is 8.28. The molecule has 3 aromatic rings. The SMILES string of the molecule is COc1cc(/C=C(\C#N)C(=O)Nc2cc(C(F)(F)F)ccc2Cl)ccc1OCc1ccc(Cl)cc1. The maximum Gasteiger partial charge on any atom is 0.416 e. The Morgan fingerprint density at radius 3 is 2.40 bits per heavy atom. The van der Waals surface area contributed by atoms with Crippen molar-refractivity contribution in [3.8, 4) is 17.6 Å². The van der Waals surface area contributed by atoms with Gasteiger partial charge in [0.15, 0.2) is 11.5 Å². The molecule has 0 fully saturated rings. The van der Waals surface area contributed by atoms with Crippen LogP contribution in [0.4, 0.5) is 18.9 Å². The Balaban J connectivity index is 1.78. The van der Waals surface area contributed by atoms with Crippen LogP contribution in [0.25, 0.3) is 6.08 Å². The average Bonchev–Trinajstić information content (AvgIpc) is 2.83. The number of halogens is 5. The van der Waals surface area contributed by atoms with Gasteiger partial charge in [0.25, 0.3) is 5.91 Å². The number of benzene rings is 3. The highest BCUT2D eigenvalue weighted by Crippen LogP contribution is 2.34. The Labute approximate surface area is 209 Å². The number of alkyl halides is 3. The number of amides is 1. The third kappa shape index (κ3) is 6.92. The van der Waals surface area contributed by atoms with Crippen LogP contribution in [0.2, 0.25) is 10.0 Å². The van der Waals surface area contributed by atoms with Crippen LogP contribution in [-0.4, -0.2) is 13.0 Å². The molecule has 0 radical (unpaired) electrons. The first kappa shape index (κ1) is 25.9. The summed E-state index contributed by atoms with van der Waals surface area (Å²) in [6, 6.07) is 16.1. The van der Waals surface area contributed by atoms with Crippen LogP contribution in [0, 0.1) is 11.3 Å². The van der Waals surface area contributed by atoms with Gasteiger partial charge in [0.1, 0.15) is 18.2 Å². The number of anilines is 1. The molecule has 3 aromatic carbocycles. The molecule has 180 valence electrons. The Bertz CT molecular complexity index is 1300. The highest BCUT2D eigenvalue weighted by molar-refractivity contribution is 6.34. The van der Waals surface area contributed by atoms with Crippen molar-refractivity contribution in [2.45, 2.75) is 12.8 Å². The smallest absolute Gasteiger partial charge is 0.416 e. The fourth-order valence-electron chi connectivity index (χ4n) is 2.94. The lowest BCUT2D eigenvalue weighted by Gasteiger charge is -2.12. The first-order chi connectivity index (χ1) is 16.6. The van der Waals surface area contributed by atoms with Crippen molar-refractivity contribution in [1.82, 2.24) is 0 Å². The predicted molar refractivity (Wildman–Crippen MR) is 127 cm³/mol. The first-order valence-electron chi connectivity index (χ1n) is 9.96. The largest absolute Gasteiger partial charge is 0.493 e. The summed E-state index contributed by atoms with van der Waals surface area (Å²) in [6.07, 6.45) is -3.35. The third-order valence-corrected chi connectivity index (χ3v) is 5.29. The van der Waals surface area contributed by atoms with Crippen LogP contribution in [0.1, 0.15) is 16.7 Å². The maximum atomic E-state index is 13.0. The molecule has 3 rings (SSSR count). The molecule has 0 unspecified atom stereocenters. The Hall–Kier alpha value is -3.67. The van der Waals surface area contributed by atoms with E-state index in [1.54, 1.807) is 36.4 Å². The second-order valence-corrected chi connectivity index (χ2v) is 7.99. The zero-order chi connectivity index (χ0) is 25.6. The molecule has 0 spiro atoms. The van der Waals surface area contributed by atoms with Crippen molar-refractivity contribution in [3.63, 3.8) is 0 Å². The molecule has 0 aliphatic carbocycles. The van der Waals surface area contributed by atoms with E-state index in [1.807, 2.05) is 12.1 Å². The van der Waals surface area contributed by atoms with Gasteiger partial charge >= 0.3 is 6.18 Å². The van der Waals surface area contributed by atoms with Gasteiger partial charge < -0.3 is 14.8 Å². The standard InChI is InChI=1S/C25H17Cl2F3N2O3/c1-34-23-11-16(4-9-22(23)35-14-15-2-6-19(26)7-3-15)10-17(13-31)24(33)32-21-12-18(25(28,29)30)5-8-20(21)27/h2-12H,14H2,1H3,(H,32,33)/b17-10+. The van der Waals surface area contributed by atoms with Gasteiger partial charge in [-0.1, -0.05) is 41.4 Å². The maximum absolute atomic E-state index is 13.0.